The number of carbonyl (C=O) groups excluding carboxylic acids is 1. The third-order valence-electron chi connectivity index (χ3n) is 6.44. The summed E-state index contributed by atoms with van der Waals surface area (Å²) in [5, 5.41) is 2.40. The Morgan fingerprint density at radius 2 is 1.69 bits per heavy atom. The van der Waals surface area contributed by atoms with Crippen molar-refractivity contribution in [3.8, 4) is 11.5 Å². The van der Waals surface area contributed by atoms with Crippen LogP contribution in [0, 0.1) is 0 Å². The minimum atomic E-state index is -3.63. The van der Waals surface area contributed by atoms with E-state index < -0.39 is 21.3 Å². The highest BCUT2D eigenvalue weighted by molar-refractivity contribution is 7.89. The van der Waals surface area contributed by atoms with Gasteiger partial charge in [0.15, 0.2) is 0 Å². The van der Waals surface area contributed by atoms with Gasteiger partial charge in [-0.15, -0.1) is 0 Å². The molecule has 0 fully saturated rings. The number of hydrogen-bond acceptors (Lipinski definition) is 5. The quantitative estimate of drug-likeness (QED) is 0.524. The fourth-order valence-electron chi connectivity index (χ4n) is 4.60. The normalized spacial score (nSPS) is 16.7. The van der Waals surface area contributed by atoms with Crippen molar-refractivity contribution in [2.75, 3.05) is 19.6 Å². The van der Waals surface area contributed by atoms with Crippen LogP contribution < -0.4 is 10.1 Å². The highest BCUT2D eigenvalue weighted by Crippen LogP contribution is 2.36. The van der Waals surface area contributed by atoms with E-state index in [1.165, 1.54) is 4.31 Å². The molecule has 1 unspecified atom stereocenters. The number of benzene rings is 2. The summed E-state index contributed by atoms with van der Waals surface area (Å²) in [6, 6.07) is 14.8. The average Bonchev–Trinajstić information content (AvgIpc) is 2.80. The summed E-state index contributed by atoms with van der Waals surface area (Å²) in [4.78, 5) is 15.8. The van der Waals surface area contributed by atoms with Crippen LogP contribution in [0.15, 0.2) is 48.5 Å². The molecular weight excluding hydrogens is 462 g/mol. The predicted molar refractivity (Wildman–Crippen MR) is 140 cm³/mol. The molecule has 1 amide bonds. The van der Waals surface area contributed by atoms with Crippen molar-refractivity contribution in [3.63, 3.8) is 0 Å². The van der Waals surface area contributed by atoms with Gasteiger partial charge in [0.05, 0.1) is 5.25 Å². The molecule has 3 rings (SSSR count). The Hall–Kier alpha value is -2.42. The number of sulfonamides is 1. The van der Waals surface area contributed by atoms with Gasteiger partial charge in [-0.25, -0.2) is 8.42 Å². The highest BCUT2D eigenvalue weighted by Gasteiger charge is 2.41. The van der Waals surface area contributed by atoms with Gasteiger partial charge in [-0.05, 0) is 83.4 Å². The largest absolute Gasteiger partial charge is 0.457 e. The first-order valence-electron chi connectivity index (χ1n) is 12.4. The van der Waals surface area contributed by atoms with E-state index in [-0.39, 0.29) is 12.5 Å². The molecule has 1 N–H and O–H groups in total. The first kappa shape index (κ1) is 27.2. The number of rotatable bonds is 10. The second-order valence-corrected chi connectivity index (χ2v) is 12.3. The standard InChI is InChI=1S/C27H39N3O4S/c1-19(2)29(20(3)4)17-15-28-27(31)26-25-13-12-24(34-23-10-8-7-9-11-23)18-22(25)14-16-30(26)35(32,33)21(5)6/h7-13,18-21,26H,14-17H2,1-6H3,(H,28,31). The Balaban J connectivity index is 1.87. The SMILES string of the molecule is CC(C)N(CCNC(=O)C1c2ccc(Oc3ccccc3)cc2CCN1S(=O)(=O)C(C)C)C(C)C. The van der Waals surface area contributed by atoms with Crippen molar-refractivity contribution in [1.29, 1.82) is 0 Å². The number of nitrogens with zero attached hydrogens (tertiary/aromatic N) is 2. The summed E-state index contributed by atoms with van der Waals surface area (Å²) in [5.74, 6) is 1.10. The lowest BCUT2D eigenvalue weighted by Gasteiger charge is -2.37. The fraction of sp³-hybridized carbons (Fsp3) is 0.519. The Labute approximate surface area is 210 Å². The monoisotopic (exact) mass is 501 g/mol. The van der Waals surface area contributed by atoms with E-state index in [2.05, 4.69) is 37.9 Å². The molecule has 35 heavy (non-hydrogen) atoms. The molecule has 0 bridgehead atoms. The number of fused-ring (bicyclic) bond motifs is 1. The van der Waals surface area contributed by atoms with Crippen LogP contribution in [-0.4, -0.2) is 60.5 Å². The Morgan fingerprint density at radius 1 is 1.03 bits per heavy atom. The summed E-state index contributed by atoms with van der Waals surface area (Å²) in [6.07, 6.45) is 0.519. The van der Waals surface area contributed by atoms with E-state index >= 15 is 0 Å². The highest BCUT2D eigenvalue weighted by atomic mass is 32.2. The number of carbonyl (C=O) groups is 1. The van der Waals surface area contributed by atoms with Gasteiger partial charge in [-0.2, -0.15) is 4.31 Å². The lowest BCUT2D eigenvalue weighted by Crippen LogP contribution is -2.50. The maximum absolute atomic E-state index is 13.5. The van der Waals surface area contributed by atoms with Gasteiger partial charge in [0.2, 0.25) is 15.9 Å². The zero-order chi connectivity index (χ0) is 25.8. The number of ether oxygens (including phenoxy) is 1. The van der Waals surface area contributed by atoms with Crippen molar-refractivity contribution in [1.82, 2.24) is 14.5 Å². The smallest absolute Gasteiger partial charge is 0.243 e. The van der Waals surface area contributed by atoms with Crippen LogP contribution in [0.3, 0.4) is 0 Å². The minimum absolute atomic E-state index is 0.254. The van der Waals surface area contributed by atoms with E-state index in [9.17, 15) is 13.2 Å². The molecule has 2 aromatic rings. The number of hydrogen-bond donors (Lipinski definition) is 1. The van der Waals surface area contributed by atoms with Gasteiger partial charge < -0.3 is 10.1 Å². The molecule has 0 radical (unpaired) electrons. The minimum Gasteiger partial charge on any atom is -0.457 e. The third kappa shape index (κ3) is 6.42. The second kappa shape index (κ2) is 11.5. The molecule has 1 atom stereocenters. The molecule has 0 aromatic heterocycles. The van der Waals surface area contributed by atoms with Crippen LogP contribution in [0.25, 0.3) is 0 Å². The summed E-state index contributed by atoms with van der Waals surface area (Å²) < 4.78 is 33.7. The predicted octanol–water partition coefficient (Wildman–Crippen LogP) is 4.35. The van der Waals surface area contributed by atoms with Gasteiger partial charge in [0.1, 0.15) is 17.5 Å². The zero-order valence-corrected chi connectivity index (χ0v) is 22.5. The fourth-order valence-corrected chi connectivity index (χ4v) is 5.99. The molecule has 0 aliphatic carbocycles. The van der Waals surface area contributed by atoms with Crippen molar-refractivity contribution in [2.24, 2.45) is 0 Å². The summed E-state index contributed by atoms with van der Waals surface area (Å²) >= 11 is 0. The molecule has 0 saturated carbocycles. The molecule has 0 spiro atoms. The molecule has 0 saturated heterocycles. The molecule has 7 nitrogen and oxygen atoms in total. The van der Waals surface area contributed by atoms with Crippen LogP contribution >= 0.6 is 0 Å². The van der Waals surface area contributed by atoms with Gasteiger partial charge in [-0.1, -0.05) is 24.3 Å². The Morgan fingerprint density at radius 3 is 2.29 bits per heavy atom. The molecule has 192 valence electrons. The Kier molecular flexibility index (Phi) is 8.96. The van der Waals surface area contributed by atoms with Crippen molar-refractivity contribution >= 4 is 15.9 Å². The second-order valence-electron chi connectivity index (χ2n) is 9.85. The van der Waals surface area contributed by atoms with Crippen LogP contribution in [-0.2, 0) is 21.2 Å². The van der Waals surface area contributed by atoms with E-state index in [0.29, 0.717) is 42.9 Å². The summed E-state index contributed by atoms with van der Waals surface area (Å²) in [7, 11) is -3.63. The van der Waals surface area contributed by atoms with E-state index in [1.54, 1.807) is 19.9 Å². The topological polar surface area (TPSA) is 79.0 Å². The van der Waals surface area contributed by atoms with Gasteiger partial charge >= 0.3 is 0 Å². The van der Waals surface area contributed by atoms with Crippen LogP contribution in [0.1, 0.15) is 58.7 Å². The first-order chi connectivity index (χ1) is 16.5. The lowest BCUT2D eigenvalue weighted by atomic mass is 9.93. The van der Waals surface area contributed by atoms with E-state index in [4.69, 9.17) is 4.74 Å². The number of nitrogens with one attached hydrogen (secondary N) is 1. The Bertz CT molecular complexity index is 1090. The van der Waals surface area contributed by atoms with Crippen LogP contribution in [0.2, 0.25) is 0 Å². The van der Waals surface area contributed by atoms with Crippen molar-refractivity contribution < 1.29 is 17.9 Å². The molecule has 1 aliphatic heterocycles. The summed E-state index contributed by atoms with van der Waals surface area (Å²) in [5.41, 5.74) is 1.64. The summed E-state index contributed by atoms with van der Waals surface area (Å²) in [6.45, 7) is 13.2. The molecule has 2 aromatic carbocycles. The van der Waals surface area contributed by atoms with Gasteiger partial charge in [-0.3, -0.25) is 9.69 Å². The maximum Gasteiger partial charge on any atom is 0.243 e. The van der Waals surface area contributed by atoms with Crippen molar-refractivity contribution in [2.45, 2.75) is 71.3 Å². The third-order valence-corrected chi connectivity index (χ3v) is 8.68. The zero-order valence-electron chi connectivity index (χ0n) is 21.7. The molecule has 8 heteroatoms. The van der Waals surface area contributed by atoms with E-state index in [0.717, 1.165) is 11.3 Å². The van der Waals surface area contributed by atoms with Crippen LogP contribution in [0.5, 0.6) is 11.5 Å². The van der Waals surface area contributed by atoms with Crippen molar-refractivity contribution in [3.05, 3.63) is 59.7 Å². The maximum atomic E-state index is 13.5. The molecule has 1 aliphatic rings. The number of para-hydroxylation sites is 1. The lowest BCUT2D eigenvalue weighted by molar-refractivity contribution is -0.125. The van der Waals surface area contributed by atoms with E-state index in [1.807, 2.05) is 42.5 Å². The van der Waals surface area contributed by atoms with Crippen LogP contribution in [0.4, 0.5) is 0 Å². The van der Waals surface area contributed by atoms with Gasteiger partial charge in [0.25, 0.3) is 0 Å². The molecular formula is C27H39N3O4S. The van der Waals surface area contributed by atoms with Gasteiger partial charge in [0, 0.05) is 31.7 Å². The number of amides is 1. The first-order valence-corrected chi connectivity index (χ1v) is 13.9. The average molecular weight is 502 g/mol. The molecule has 1 heterocycles.